The number of allylic oxidation sites excluding steroid dienone is 1. The summed E-state index contributed by atoms with van der Waals surface area (Å²) in [5, 5.41) is 0. The predicted octanol–water partition coefficient (Wildman–Crippen LogP) is 8.07. The second-order valence-electron chi connectivity index (χ2n) is 9.29. The van der Waals surface area contributed by atoms with E-state index in [-0.39, 0.29) is 0 Å². The van der Waals surface area contributed by atoms with Crippen LogP contribution in [0.15, 0.2) is 36.9 Å². The highest BCUT2D eigenvalue weighted by Crippen LogP contribution is 2.46. The molecule has 2 aliphatic carbocycles. The van der Waals surface area contributed by atoms with E-state index in [0.29, 0.717) is 5.92 Å². The number of aryl methyl sites for hydroxylation is 1. The van der Waals surface area contributed by atoms with E-state index in [9.17, 15) is 0 Å². The van der Waals surface area contributed by atoms with Crippen molar-refractivity contribution < 1.29 is 0 Å². The SMILES string of the molecule is C=CCC(c1ccc(C)cc1)C1CCC([C@H]2CC[C@H](CCC)CC2)CC1. The minimum Gasteiger partial charge on any atom is -0.103 e. The quantitative estimate of drug-likeness (QED) is 0.435. The van der Waals surface area contributed by atoms with Crippen LogP contribution in [0.5, 0.6) is 0 Å². The van der Waals surface area contributed by atoms with Gasteiger partial charge in [-0.1, -0.05) is 68.5 Å². The summed E-state index contributed by atoms with van der Waals surface area (Å²) in [6.45, 7) is 8.58. The largest absolute Gasteiger partial charge is 0.103 e. The molecule has 1 unspecified atom stereocenters. The van der Waals surface area contributed by atoms with Crippen LogP contribution in [0.4, 0.5) is 0 Å². The molecule has 2 aliphatic rings. The molecule has 0 heteroatoms. The monoisotopic (exact) mass is 352 g/mol. The van der Waals surface area contributed by atoms with Gasteiger partial charge in [-0.2, -0.15) is 0 Å². The molecule has 3 rings (SSSR count). The van der Waals surface area contributed by atoms with Gasteiger partial charge in [0.05, 0.1) is 0 Å². The fourth-order valence-corrected chi connectivity index (χ4v) is 5.97. The van der Waals surface area contributed by atoms with Gasteiger partial charge in [0.2, 0.25) is 0 Å². The maximum Gasteiger partial charge on any atom is -0.00991 e. The summed E-state index contributed by atoms with van der Waals surface area (Å²) in [4.78, 5) is 0. The van der Waals surface area contributed by atoms with Crippen molar-refractivity contribution >= 4 is 0 Å². The van der Waals surface area contributed by atoms with Crippen molar-refractivity contribution in [2.75, 3.05) is 0 Å². The van der Waals surface area contributed by atoms with Crippen LogP contribution in [-0.4, -0.2) is 0 Å². The van der Waals surface area contributed by atoms with Gasteiger partial charge < -0.3 is 0 Å². The average Bonchev–Trinajstić information content (AvgIpc) is 2.68. The van der Waals surface area contributed by atoms with Crippen molar-refractivity contribution in [2.45, 2.75) is 90.4 Å². The number of hydrogen-bond acceptors (Lipinski definition) is 0. The lowest BCUT2D eigenvalue weighted by atomic mass is 9.66. The Morgan fingerprint density at radius 1 is 0.923 bits per heavy atom. The number of hydrogen-bond donors (Lipinski definition) is 0. The molecule has 0 saturated heterocycles. The fraction of sp³-hybridized carbons (Fsp3) is 0.692. The molecule has 144 valence electrons. The van der Waals surface area contributed by atoms with Crippen LogP contribution in [-0.2, 0) is 0 Å². The fourth-order valence-electron chi connectivity index (χ4n) is 5.97. The van der Waals surface area contributed by atoms with E-state index in [1.165, 1.54) is 69.8 Å². The normalized spacial score (nSPS) is 30.7. The Balaban J connectivity index is 1.53. The van der Waals surface area contributed by atoms with Crippen LogP contribution in [0.2, 0.25) is 0 Å². The smallest absolute Gasteiger partial charge is 0.00991 e. The van der Waals surface area contributed by atoms with Gasteiger partial charge in [0, 0.05) is 0 Å². The maximum absolute atomic E-state index is 4.05. The molecule has 0 N–H and O–H groups in total. The van der Waals surface area contributed by atoms with Crippen LogP contribution in [0.3, 0.4) is 0 Å². The van der Waals surface area contributed by atoms with E-state index in [1.807, 2.05) is 0 Å². The summed E-state index contributed by atoms with van der Waals surface area (Å²) in [6, 6.07) is 9.30. The molecule has 0 amide bonds. The summed E-state index contributed by atoms with van der Waals surface area (Å²) in [5.74, 6) is 4.67. The number of benzene rings is 1. The molecular weight excluding hydrogens is 312 g/mol. The van der Waals surface area contributed by atoms with Crippen LogP contribution >= 0.6 is 0 Å². The summed E-state index contributed by atoms with van der Waals surface area (Å²) < 4.78 is 0. The summed E-state index contributed by atoms with van der Waals surface area (Å²) in [6.07, 6.45) is 18.0. The van der Waals surface area contributed by atoms with Gasteiger partial charge in [0.1, 0.15) is 0 Å². The molecule has 2 saturated carbocycles. The topological polar surface area (TPSA) is 0 Å². The number of rotatable bonds is 7. The van der Waals surface area contributed by atoms with Crippen molar-refractivity contribution in [2.24, 2.45) is 23.7 Å². The first-order chi connectivity index (χ1) is 12.7. The van der Waals surface area contributed by atoms with Gasteiger partial charge in [0.25, 0.3) is 0 Å². The van der Waals surface area contributed by atoms with Gasteiger partial charge in [0.15, 0.2) is 0 Å². The molecule has 0 aliphatic heterocycles. The Kier molecular flexibility index (Phi) is 7.41. The van der Waals surface area contributed by atoms with Gasteiger partial charge in [-0.3, -0.25) is 0 Å². The first-order valence-corrected chi connectivity index (χ1v) is 11.4. The second kappa shape index (κ2) is 9.77. The van der Waals surface area contributed by atoms with Crippen molar-refractivity contribution in [3.05, 3.63) is 48.0 Å². The first-order valence-electron chi connectivity index (χ1n) is 11.4. The molecule has 0 bridgehead atoms. The molecule has 0 spiro atoms. The Morgan fingerprint density at radius 3 is 2.04 bits per heavy atom. The zero-order valence-electron chi connectivity index (χ0n) is 17.3. The highest BCUT2D eigenvalue weighted by molar-refractivity contribution is 5.25. The van der Waals surface area contributed by atoms with Gasteiger partial charge >= 0.3 is 0 Å². The third kappa shape index (κ3) is 5.02. The van der Waals surface area contributed by atoms with Crippen LogP contribution < -0.4 is 0 Å². The first kappa shape index (κ1) is 19.7. The average molecular weight is 353 g/mol. The Hall–Kier alpha value is -1.04. The summed E-state index contributed by atoms with van der Waals surface area (Å²) >= 11 is 0. The molecule has 1 aromatic rings. The lowest BCUT2D eigenvalue weighted by Crippen LogP contribution is -2.27. The van der Waals surface area contributed by atoms with Crippen molar-refractivity contribution in [3.8, 4) is 0 Å². The van der Waals surface area contributed by atoms with Crippen molar-refractivity contribution in [3.63, 3.8) is 0 Å². The minimum absolute atomic E-state index is 0.689. The zero-order valence-corrected chi connectivity index (χ0v) is 17.3. The molecule has 0 nitrogen and oxygen atoms in total. The highest BCUT2D eigenvalue weighted by atomic mass is 14.4. The van der Waals surface area contributed by atoms with Gasteiger partial charge in [-0.05, 0) is 87.0 Å². The zero-order chi connectivity index (χ0) is 18.4. The minimum atomic E-state index is 0.689. The van der Waals surface area contributed by atoms with E-state index in [2.05, 4.69) is 50.8 Å². The van der Waals surface area contributed by atoms with E-state index >= 15 is 0 Å². The summed E-state index contributed by atoms with van der Waals surface area (Å²) in [5.41, 5.74) is 2.91. The second-order valence-corrected chi connectivity index (χ2v) is 9.29. The standard InChI is InChI=1S/C26H40/c1-4-6-21-10-14-22(15-11-21)23-16-18-25(19-17-23)26(7-5-2)24-12-8-20(3)9-13-24/h5,8-9,12-13,21-23,25-26H,2,4,6-7,10-11,14-19H2,1,3H3/t21-,22-,23?,25?,26?. The highest BCUT2D eigenvalue weighted by Gasteiger charge is 2.33. The van der Waals surface area contributed by atoms with E-state index in [1.54, 1.807) is 5.56 Å². The van der Waals surface area contributed by atoms with Crippen LogP contribution in [0, 0.1) is 30.6 Å². The molecule has 1 atom stereocenters. The Morgan fingerprint density at radius 2 is 1.50 bits per heavy atom. The van der Waals surface area contributed by atoms with Crippen LogP contribution in [0.25, 0.3) is 0 Å². The molecule has 1 aromatic carbocycles. The van der Waals surface area contributed by atoms with Crippen LogP contribution in [0.1, 0.15) is 94.6 Å². The van der Waals surface area contributed by atoms with E-state index in [0.717, 1.165) is 30.1 Å². The Labute approximate surface area is 162 Å². The third-order valence-corrected chi connectivity index (χ3v) is 7.57. The van der Waals surface area contributed by atoms with E-state index in [4.69, 9.17) is 0 Å². The maximum atomic E-state index is 4.05. The Bertz CT molecular complexity index is 524. The molecule has 2 fully saturated rings. The van der Waals surface area contributed by atoms with Gasteiger partial charge in [-0.25, -0.2) is 0 Å². The molecule has 0 radical (unpaired) electrons. The molecule has 0 heterocycles. The molecule has 0 aromatic heterocycles. The summed E-state index contributed by atoms with van der Waals surface area (Å²) in [7, 11) is 0. The molecule has 26 heavy (non-hydrogen) atoms. The molecular formula is C26H40. The van der Waals surface area contributed by atoms with Crippen molar-refractivity contribution in [1.29, 1.82) is 0 Å². The lowest BCUT2D eigenvalue weighted by Gasteiger charge is -2.40. The lowest BCUT2D eigenvalue weighted by molar-refractivity contribution is 0.135. The van der Waals surface area contributed by atoms with E-state index < -0.39 is 0 Å². The van der Waals surface area contributed by atoms with Gasteiger partial charge in [-0.15, -0.1) is 6.58 Å². The predicted molar refractivity (Wildman–Crippen MR) is 115 cm³/mol. The third-order valence-electron chi connectivity index (χ3n) is 7.57. The van der Waals surface area contributed by atoms with Crippen molar-refractivity contribution in [1.82, 2.24) is 0 Å².